The highest BCUT2D eigenvalue weighted by atomic mass is 31.2. The number of hydrogen-bond donors (Lipinski definition) is 0. The summed E-state index contributed by atoms with van der Waals surface area (Å²) in [6, 6.07) is 0. The van der Waals surface area contributed by atoms with E-state index < -0.39 is 15.4 Å². The van der Waals surface area contributed by atoms with Gasteiger partial charge in [0.05, 0.1) is 19.8 Å². The van der Waals surface area contributed by atoms with Gasteiger partial charge in [0, 0.05) is 6.16 Å². The van der Waals surface area contributed by atoms with E-state index in [-0.39, 0.29) is 26.0 Å². The van der Waals surface area contributed by atoms with E-state index >= 15 is 0 Å². The summed E-state index contributed by atoms with van der Waals surface area (Å²) >= 11 is 0. The molecule has 0 heterocycles. The molecule has 0 fully saturated rings. The first-order valence-corrected chi connectivity index (χ1v) is 19.1. The van der Waals surface area contributed by atoms with E-state index in [1.165, 1.54) is 89.9 Å². The van der Waals surface area contributed by atoms with E-state index in [9.17, 15) is 18.9 Å². The number of phosphoric acid groups is 1. The van der Waals surface area contributed by atoms with Crippen LogP contribution in [-0.4, -0.2) is 26.0 Å². The van der Waals surface area contributed by atoms with E-state index in [4.69, 9.17) is 13.6 Å². The van der Waals surface area contributed by atoms with Crippen LogP contribution < -0.4 is 9.79 Å². The normalized spacial score (nSPS) is 14.9. The summed E-state index contributed by atoms with van der Waals surface area (Å²) in [5.74, 6) is 0. The largest absolute Gasteiger partial charge is 0.778 e. The zero-order valence-electron chi connectivity index (χ0n) is 24.8. The first kappa shape index (κ1) is 38.3. The average molecular weight is 583 g/mol. The highest BCUT2D eigenvalue weighted by Crippen LogP contribution is 2.39. The van der Waals surface area contributed by atoms with E-state index in [0.29, 0.717) is 25.7 Å². The molecule has 230 valence electrons. The fourth-order valence-corrected chi connectivity index (χ4v) is 6.35. The van der Waals surface area contributed by atoms with Gasteiger partial charge in [0.2, 0.25) is 0 Å². The fourth-order valence-electron chi connectivity index (χ4n) is 4.42. The van der Waals surface area contributed by atoms with Crippen LogP contribution in [-0.2, 0) is 22.7 Å². The maximum Gasteiger partial charge on any atom is 0.267 e. The standard InChI is InChI=1S/C29H62O7P2/c1-3-5-7-9-11-13-15-17-19-22-27-35-38(32,33)36-28-24-21-23-26-34-37(30,31)29-25-20-18-16-14-12-10-8-6-4-2/h3-29H2,1-2H3,(H,30,31)(H,32,33)/p-2. The molecule has 2 atom stereocenters. The van der Waals surface area contributed by atoms with Gasteiger partial charge in [-0.05, 0) is 32.1 Å². The van der Waals surface area contributed by atoms with Crippen molar-refractivity contribution in [2.24, 2.45) is 0 Å². The highest BCUT2D eigenvalue weighted by Gasteiger charge is 2.10. The van der Waals surface area contributed by atoms with Crippen LogP contribution in [0.3, 0.4) is 0 Å². The zero-order valence-corrected chi connectivity index (χ0v) is 26.6. The van der Waals surface area contributed by atoms with Gasteiger partial charge in [0.15, 0.2) is 0 Å². The number of rotatable bonds is 31. The van der Waals surface area contributed by atoms with Gasteiger partial charge in [-0.15, -0.1) is 0 Å². The van der Waals surface area contributed by atoms with Crippen molar-refractivity contribution in [2.75, 3.05) is 26.0 Å². The molecule has 0 saturated carbocycles. The summed E-state index contributed by atoms with van der Waals surface area (Å²) in [7, 11) is -8.03. The molecule has 0 aliphatic heterocycles. The molecular formula is C29H60O7P2-2. The smallest absolute Gasteiger partial charge is 0.267 e. The number of phosphoric ester groups is 1. The molecule has 0 aromatic carbocycles. The van der Waals surface area contributed by atoms with Gasteiger partial charge in [-0.25, -0.2) is 0 Å². The Labute approximate surface area is 235 Å². The third-order valence-corrected chi connectivity index (χ3v) is 9.30. The van der Waals surface area contributed by atoms with Crippen LogP contribution in [0, 0.1) is 0 Å². The molecule has 0 radical (unpaired) electrons. The molecule has 0 spiro atoms. The monoisotopic (exact) mass is 582 g/mol. The van der Waals surface area contributed by atoms with Crippen LogP contribution in [0.1, 0.15) is 162 Å². The second-order valence-electron chi connectivity index (χ2n) is 10.7. The quantitative estimate of drug-likeness (QED) is 0.0592. The van der Waals surface area contributed by atoms with Gasteiger partial charge in [-0.1, -0.05) is 129 Å². The molecule has 0 amide bonds. The molecule has 0 aliphatic rings. The summed E-state index contributed by atoms with van der Waals surface area (Å²) in [4.78, 5) is 23.8. The van der Waals surface area contributed by atoms with Crippen LogP contribution in [0.15, 0.2) is 0 Å². The van der Waals surface area contributed by atoms with Gasteiger partial charge in [-0.3, -0.25) is 4.57 Å². The highest BCUT2D eigenvalue weighted by molar-refractivity contribution is 7.51. The Bertz CT molecular complexity index is 589. The summed E-state index contributed by atoms with van der Waals surface area (Å²) < 4.78 is 38.8. The van der Waals surface area contributed by atoms with Crippen LogP contribution in [0.25, 0.3) is 0 Å². The molecule has 0 aromatic heterocycles. The Morgan fingerprint density at radius 1 is 0.421 bits per heavy atom. The van der Waals surface area contributed by atoms with Gasteiger partial charge in [0.1, 0.15) is 7.60 Å². The molecule has 0 aliphatic carbocycles. The van der Waals surface area contributed by atoms with Crippen molar-refractivity contribution in [3.63, 3.8) is 0 Å². The SMILES string of the molecule is CCCCCCCCCCCCOP(=O)([O-])OCCCCCOP(=O)([O-])CCCCCCCCCCCC. The fraction of sp³-hybridized carbons (Fsp3) is 1.00. The molecule has 2 unspecified atom stereocenters. The first-order chi connectivity index (χ1) is 18.3. The van der Waals surface area contributed by atoms with Gasteiger partial charge in [0.25, 0.3) is 7.82 Å². The number of hydrogen-bond acceptors (Lipinski definition) is 7. The predicted molar refractivity (Wildman–Crippen MR) is 155 cm³/mol. The number of unbranched alkanes of at least 4 members (excludes halogenated alkanes) is 20. The van der Waals surface area contributed by atoms with Crippen molar-refractivity contribution in [1.82, 2.24) is 0 Å². The van der Waals surface area contributed by atoms with Crippen LogP contribution >= 0.6 is 15.4 Å². The molecule has 7 nitrogen and oxygen atoms in total. The van der Waals surface area contributed by atoms with Crippen molar-refractivity contribution in [1.29, 1.82) is 0 Å². The van der Waals surface area contributed by atoms with Crippen LogP contribution in [0.5, 0.6) is 0 Å². The lowest BCUT2D eigenvalue weighted by Gasteiger charge is -2.23. The van der Waals surface area contributed by atoms with Crippen molar-refractivity contribution >= 4 is 15.4 Å². The average Bonchev–Trinajstić information content (AvgIpc) is 2.87. The minimum Gasteiger partial charge on any atom is -0.778 e. The second-order valence-corrected chi connectivity index (χ2v) is 14.0. The van der Waals surface area contributed by atoms with E-state index in [2.05, 4.69) is 13.8 Å². The Kier molecular flexibility index (Phi) is 27.6. The molecule has 0 bridgehead atoms. The Morgan fingerprint density at radius 2 is 0.711 bits per heavy atom. The summed E-state index contributed by atoms with van der Waals surface area (Å²) in [6.07, 6.45) is 25.2. The Hall–Kier alpha value is 0.260. The van der Waals surface area contributed by atoms with Crippen molar-refractivity contribution < 1.29 is 32.5 Å². The molecule has 38 heavy (non-hydrogen) atoms. The van der Waals surface area contributed by atoms with Crippen molar-refractivity contribution in [3.05, 3.63) is 0 Å². The summed E-state index contributed by atoms with van der Waals surface area (Å²) in [6.45, 7) is 4.81. The molecule has 0 saturated heterocycles. The topological polar surface area (TPSA) is 108 Å². The second kappa shape index (κ2) is 27.4. The van der Waals surface area contributed by atoms with Crippen LogP contribution in [0.2, 0.25) is 0 Å². The summed E-state index contributed by atoms with van der Waals surface area (Å²) in [5.41, 5.74) is 0. The summed E-state index contributed by atoms with van der Waals surface area (Å²) in [5, 5.41) is 0. The van der Waals surface area contributed by atoms with Gasteiger partial charge < -0.3 is 27.9 Å². The Balaban J connectivity index is 3.52. The van der Waals surface area contributed by atoms with E-state index in [0.717, 1.165) is 32.1 Å². The van der Waals surface area contributed by atoms with Crippen molar-refractivity contribution in [3.8, 4) is 0 Å². The first-order valence-electron chi connectivity index (χ1n) is 15.9. The lowest BCUT2D eigenvalue weighted by atomic mass is 10.1. The molecule has 0 rings (SSSR count). The lowest BCUT2D eigenvalue weighted by Crippen LogP contribution is -2.11. The maximum absolute atomic E-state index is 12.0. The lowest BCUT2D eigenvalue weighted by molar-refractivity contribution is -0.225. The van der Waals surface area contributed by atoms with Gasteiger partial charge in [-0.2, -0.15) is 0 Å². The van der Waals surface area contributed by atoms with E-state index in [1.54, 1.807) is 0 Å². The van der Waals surface area contributed by atoms with Crippen molar-refractivity contribution in [2.45, 2.75) is 162 Å². The molecule has 0 N–H and O–H groups in total. The molecule has 0 aromatic rings. The minimum absolute atomic E-state index is 0.0481. The zero-order chi connectivity index (χ0) is 28.2. The maximum atomic E-state index is 12.0. The Morgan fingerprint density at radius 3 is 1.11 bits per heavy atom. The minimum atomic E-state index is -4.26. The van der Waals surface area contributed by atoms with E-state index in [1.807, 2.05) is 0 Å². The third kappa shape index (κ3) is 29.2. The third-order valence-electron chi connectivity index (χ3n) is 6.86. The predicted octanol–water partition coefficient (Wildman–Crippen LogP) is 9.07. The molecule has 9 heteroatoms. The van der Waals surface area contributed by atoms with Crippen LogP contribution in [0.4, 0.5) is 0 Å². The van der Waals surface area contributed by atoms with Gasteiger partial charge >= 0.3 is 0 Å². The molecular weight excluding hydrogens is 522 g/mol.